The molecule has 0 saturated carbocycles. The number of amides is 1. The minimum atomic E-state index is -0.549. The van der Waals surface area contributed by atoms with E-state index >= 15 is 0 Å². The van der Waals surface area contributed by atoms with Gasteiger partial charge in [-0.1, -0.05) is 6.07 Å². The predicted molar refractivity (Wildman–Crippen MR) is 133 cm³/mol. The van der Waals surface area contributed by atoms with E-state index < -0.39 is 5.97 Å². The minimum absolute atomic E-state index is 0.0189. The second kappa shape index (κ2) is 10.0. The van der Waals surface area contributed by atoms with Gasteiger partial charge in [0.1, 0.15) is 24.0 Å². The van der Waals surface area contributed by atoms with E-state index in [4.69, 9.17) is 20.9 Å². The first kappa shape index (κ1) is 23.4. The number of anilines is 2. The fraction of sp³-hybridized carbons (Fsp3) is 0.160. The van der Waals surface area contributed by atoms with E-state index in [1.807, 2.05) is 29.8 Å². The normalized spacial score (nSPS) is 10.7. The predicted octanol–water partition coefficient (Wildman–Crippen LogP) is 2.68. The molecule has 1 amide bonds. The third-order valence-electron chi connectivity index (χ3n) is 5.55. The number of nitrogen functional groups attached to an aromatic ring is 1. The smallest absolute Gasteiger partial charge is 0.325 e. The van der Waals surface area contributed by atoms with E-state index in [2.05, 4.69) is 10.3 Å². The van der Waals surface area contributed by atoms with E-state index in [9.17, 15) is 9.59 Å². The summed E-state index contributed by atoms with van der Waals surface area (Å²) in [6, 6.07) is 17.6. The van der Waals surface area contributed by atoms with E-state index in [1.54, 1.807) is 48.7 Å². The van der Waals surface area contributed by atoms with Gasteiger partial charge in [0.2, 0.25) is 0 Å². The van der Waals surface area contributed by atoms with Crippen molar-refractivity contribution < 1.29 is 14.3 Å². The number of ether oxygens (including phenoxy) is 1. The van der Waals surface area contributed by atoms with Crippen LogP contribution in [0.15, 0.2) is 66.9 Å². The van der Waals surface area contributed by atoms with Crippen molar-refractivity contribution in [3.63, 3.8) is 0 Å². The molecule has 0 aliphatic carbocycles. The molecule has 0 atom stereocenters. The van der Waals surface area contributed by atoms with Crippen molar-refractivity contribution in [1.29, 1.82) is 5.41 Å². The van der Waals surface area contributed by atoms with E-state index in [-0.39, 0.29) is 18.3 Å². The number of nitrogens with two attached hydrogens (primary N) is 1. The van der Waals surface area contributed by atoms with Crippen molar-refractivity contribution >= 4 is 40.3 Å². The van der Waals surface area contributed by atoms with Crippen LogP contribution in [0.2, 0.25) is 0 Å². The quantitative estimate of drug-likeness (QED) is 0.204. The van der Waals surface area contributed by atoms with E-state index in [0.717, 1.165) is 17.0 Å². The molecule has 10 heteroatoms. The molecule has 4 N–H and O–H groups in total. The fourth-order valence-electron chi connectivity index (χ4n) is 3.61. The second-order valence-corrected chi connectivity index (χ2v) is 7.79. The number of imidazole rings is 1. The zero-order valence-electron chi connectivity index (χ0n) is 19.4. The summed E-state index contributed by atoms with van der Waals surface area (Å²) in [4.78, 5) is 35.5. The Hall–Kier alpha value is -4.73. The van der Waals surface area contributed by atoms with Crippen molar-refractivity contribution in [2.45, 2.75) is 6.54 Å². The summed E-state index contributed by atoms with van der Waals surface area (Å²) in [5, 5.41) is 10.8. The molecule has 0 aliphatic rings. The van der Waals surface area contributed by atoms with E-state index in [1.165, 1.54) is 12.0 Å². The number of rotatable bonds is 8. The number of aromatic nitrogens is 3. The summed E-state index contributed by atoms with van der Waals surface area (Å²) >= 11 is 0. The summed E-state index contributed by atoms with van der Waals surface area (Å²) in [6.45, 7) is 0.195. The zero-order chi connectivity index (χ0) is 24.9. The number of nitrogens with zero attached hydrogens (tertiary/aromatic N) is 4. The average molecular weight is 472 g/mol. The van der Waals surface area contributed by atoms with Crippen LogP contribution in [0.25, 0.3) is 11.0 Å². The van der Waals surface area contributed by atoms with Gasteiger partial charge in [-0.15, -0.1) is 0 Å². The highest BCUT2D eigenvalue weighted by Gasteiger charge is 2.23. The molecular weight excluding hydrogens is 446 g/mol. The van der Waals surface area contributed by atoms with Gasteiger partial charge >= 0.3 is 5.97 Å². The maximum atomic E-state index is 13.3. The molecule has 0 spiro atoms. The Kier molecular flexibility index (Phi) is 6.72. The molecule has 0 unspecified atom stereocenters. The van der Waals surface area contributed by atoms with Gasteiger partial charge < -0.3 is 20.4 Å². The van der Waals surface area contributed by atoms with Crippen LogP contribution in [-0.2, 0) is 23.1 Å². The number of hydrogen-bond donors (Lipinski definition) is 3. The number of nitrogens with one attached hydrogen (secondary N) is 2. The third-order valence-corrected chi connectivity index (χ3v) is 5.55. The average Bonchev–Trinajstić information content (AvgIpc) is 3.20. The van der Waals surface area contributed by atoms with Gasteiger partial charge in [0, 0.05) is 30.1 Å². The van der Waals surface area contributed by atoms with Crippen molar-refractivity contribution in [3.8, 4) is 0 Å². The van der Waals surface area contributed by atoms with Gasteiger partial charge in [0.25, 0.3) is 5.91 Å². The number of hydrogen-bond acceptors (Lipinski definition) is 7. The molecule has 2 aromatic carbocycles. The molecule has 4 aromatic rings. The Labute approximate surface area is 201 Å². The highest BCUT2D eigenvalue weighted by atomic mass is 16.5. The molecule has 0 radical (unpaired) electrons. The number of benzene rings is 2. The van der Waals surface area contributed by atoms with Gasteiger partial charge in [-0.25, -0.2) is 9.97 Å². The van der Waals surface area contributed by atoms with Gasteiger partial charge in [0.15, 0.2) is 0 Å². The molecule has 35 heavy (non-hydrogen) atoms. The molecule has 2 aromatic heterocycles. The highest BCUT2D eigenvalue weighted by molar-refractivity contribution is 6.09. The largest absolute Gasteiger partial charge is 0.468 e. The second-order valence-electron chi connectivity index (χ2n) is 7.79. The fourth-order valence-corrected chi connectivity index (χ4v) is 3.61. The maximum absolute atomic E-state index is 13.3. The molecule has 0 bridgehead atoms. The number of fused-ring (bicyclic) bond motifs is 1. The van der Waals surface area contributed by atoms with Crippen molar-refractivity contribution in [2.75, 3.05) is 23.9 Å². The summed E-state index contributed by atoms with van der Waals surface area (Å²) in [5.41, 5.74) is 8.92. The topological polar surface area (TPSA) is 139 Å². The Morgan fingerprint density at radius 2 is 1.86 bits per heavy atom. The lowest BCUT2D eigenvalue weighted by atomic mass is 10.1. The first-order valence-corrected chi connectivity index (χ1v) is 10.8. The number of carbonyl (C=O) groups is 2. The lowest BCUT2D eigenvalue weighted by molar-refractivity contribution is -0.138. The van der Waals surface area contributed by atoms with Crippen LogP contribution in [0, 0.1) is 5.41 Å². The lowest BCUT2D eigenvalue weighted by Gasteiger charge is -2.20. The number of pyridine rings is 1. The van der Waals surface area contributed by atoms with Gasteiger partial charge in [-0.3, -0.25) is 19.9 Å². The van der Waals surface area contributed by atoms with E-state index in [0.29, 0.717) is 29.0 Å². The molecule has 0 aliphatic heterocycles. The monoisotopic (exact) mass is 471 g/mol. The summed E-state index contributed by atoms with van der Waals surface area (Å²) in [5.74, 6) is 0.214. The van der Waals surface area contributed by atoms with Crippen molar-refractivity contribution in [2.24, 2.45) is 12.8 Å². The molecule has 2 heterocycles. The highest BCUT2D eigenvalue weighted by Crippen LogP contribution is 2.21. The van der Waals surface area contributed by atoms with Crippen molar-refractivity contribution in [1.82, 2.24) is 14.5 Å². The Bertz CT molecular complexity index is 1380. The lowest BCUT2D eigenvalue weighted by Crippen LogP contribution is -2.36. The summed E-state index contributed by atoms with van der Waals surface area (Å²) < 4.78 is 6.71. The number of methoxy groups -OCH3 is 1. The number of amidine groups is 1. The molecule has 10 nitrogen and oxygen atoms in total. The standard InChI is InChI=1S/C25H25N7O3/c1-31-20-11-8-17(25(34)32(15-23(33)35-2)21-5-3-4-12-28-21)13-19(20)30-22(31)14-29-18-9-6-16(7-10-18)24(26)27/h3-13,29H,14-15H2,1-2H3,(H3,26,27). The maximum Gasteiger partial charge on any atom is 0.325 e. The van der Waals surface area contributed by atoms with Crippen molar-refractivity contribution in [3.05, 3.63) is 83.8 Å². The first-order chi connectivity index (χ1) is 16.9. The minimum Gasteiger partial charge on any atom is -0.468 e. The Balaban J connectivity index is 1.57. The number of carbonyl (C=O) groups excluding carboxylic acids is 2. The molecule has 178 valence electrons. The molecular formula is C25H25N7O3. The van der Waals surface area contributed by atoms with Gasteiger partial charge in [-0.05, 0) is 54.6 Å². The van der Waals surface area contributed by atoms with Crippen LogP contribution in [0.4, 0.5) is 11.5 Å². The number of aryl methyl sites for hydroxylation is 1. The van der Waals surface area contributed by atoms with Gasteiger partial charge in [0.05, 0.1) is 24.7 Å². The van der Waals surface area contributed by atoms with Crippen LogP contribution in [0.1, 0.15) is 21.7 Å². The molecule has 0 saturated heterocycles. The summed E-state index contributed by atoms with van der Waals surface area (Å²) in [7, 11) is 3.18. The zero-order valence-corrected chi connectivity index (χ0v) is 19.4. The van der Waals surface area contributed by atoms with Crippen LogP contribution in [-0.4, -0.2) is 45.9 Å². The Morgan fingerprint density at radius 1 is 1.11 bits per heavy atom. The van der Waals surface area contributed by atoms with Crippen LogP contribution in [0.3, 0.4) is 0 Å². The number of esters is 1. The van der Waals surface area contributed by atoms with Gasteiger partial charge in [-0.2, -0.15) is 0 Å². The third kappa shape index (κ3) is 5.11. The van der Waals surface area contributed by atoms with Crippen LogP contribution < -0.4 is 16.0 Å². The Morgan fingerprint density at radius 3 is 2.51 bits per heavy atom. The SMILES string of the molecule is COC(=O)CN(C(=O)c1ccc2c(c1)nc(CNc1ccc(C(=N)N)cc1)n2C)c1ccccn1. The summed E-state index contributed by atoms with van der Waals surface area (Å²) in [6.07, 6.45) is 1.56. The van der Waals surface area contributed by atoms with Crippen LogP contribution >= 0.6 is 0 Å². The molecule has 4 rings (SSSR count). The molecule has 0 fully saturated rings. The van der Waals surface area contributed by atoms with Crippen LogP contribution in [0.5, 0.6) is 0 Å². The first-order valence-electron chi connectivity index (χ1n) is 10.8.